The van der Waals surface area contributed by atoms with E-state index in [1.807, 2.05) is 6.07 Å². The molecule has 0 aliphatic heterocycles. The number of fused-ring (bicyclic) bond motifs is 1. The monoisotopic (exact) mass is 211 g/mol. The Hall–Kier alpha value is -1.37. The van der Waals surface area contributed by atoms with Crippen LogP contribution in [0.25, 0.3) is 10.9 Å². The summed E-state index contributed by atoms with van der Waals surface area (Å²) < 4.78 is 22.9. The van der Waals surface area contributed by atoms with E-state index in [2.05, 4.69) is 4.98 Å². The predicted octanol–water partition coefficient (Wildman–Crippen LogP) is 0.320. The number of benzene rings is 1. The first-order valence-corrected chi connectivity index (χ1v) is 5.42. The lowest BCUT2D eigenvalue weighted by Gasteiger charge is -2.02. The van der Waals surface area contributed by atoms with Crippen LogP contribution in [0.15, 0.2) is 35.4 Å². The zero-order valence-corrected chi connectivity index (χ0v) is 8.01. The van der Waals surface area contributed by atoms with Gasteiger partial charge in [-0.1, -0.05) is 12.1 Å². The molecule has 4 N–H and O–H groups in total. The molecule has 0 aliphatic rings. The topological polar surface area (TPSA) is 88.0 Å². The molecule has 0 fully saturated rings. The molecule has 0 radical (unpaired) electrons. The lowest BCUT2D eigenvalue weighted by molar-refractivity contribution is 0.585. The maximum absolute atomic E-state index is 11.5. The normalized spacial score (nSPS) is 12.1. The van der Waals surface area contributed by atoms with Gasteiger partial charge >= 0.3 is 0 Å². The van der Waals surface area contributed by atoms with Crippen LogP contribution in [-0.2, 0) is 10.0 Å². The number of hydrazine groups is 1. The number of hydrogen-bond donors (Lipinski definition) is 3. The number of aromatic amines is 1. The number of aromatic nitrogens is 1. The second-order valence-electron chi connectivity index (χ2n) is 2.82. The Balaban J connectivity index is 2.81. The maximum atomic E-state index is 11.5. The van der Waals surface area contributed by atoms with Gasteiger partial charge in [-0.3, -0.25) is 5.84 Å². The summed E-state index contributed by atoms with van der Waals surface area (Å²) in [4.78, 5) is 4.80. The third kappa shape index (κ3) is 1.29. The molecule has 0 amide bonds. The molecule has 0 atom stereocenters. The lowest BCUT2D eigenvalue weighted by Crippen LogP contribution is -2.30. The van der Waals surface area contributed by atoms with Gasteiger partial charge in [-0.2, -0.15) is 0 Å². The van der Waals surface area contributed by atoms with Crippen molar-refractivity contribution in [2.24, 2.45) is 5.84 Å². The van der Waals surface area contributed by atoms with Gasteiger partial charge in [-0.25, -0.2) is 8.42 Å². The minimum atomic E-state index is -3.60. The van der Waals surface area contributed by atoms with Gasteiger partial charge in [0.25, 0.3) is 10.0 Å². The molecule has 1 aromatic carbocycles. The van der Waals surface area contributed by atoms with E-state index >= 15 is 0 Å². The molecule has 5 nitrogen and oxygen atoms in total. The largest absolute Gasteiger partial charge is 0.360 e. The van der Waals surface area contributed by atoms with E-state index in [0.29, 0.717) is 5.52 Å². The van der Waals surface area contributed by atoms with E-state index in [4.69, 9.17) is 5.84 Å². The van der Waals surface area contributed by atoms with Gasteiger partial charge in [0.2, 0.25) is 0 Å². The number of rotatable bonds is 2. The summed E-state index contributed by atoms with van der Waals surface area (Å²) in [5.41, 5.74) is 0.561. The first-order chi connectivity index (χ1) is 6.65. The SMILES string of the molecule is NNS(=O)(=O)c1cccc2cc[nH]c12. The van der Waals surface area contributed by atoms with Crippen LogP contribution in [0.3, 0.4) is 0 Å². The van der Waals surface area contributed by atoms with Crippen LogP contribution in [0.5, 0.6) is 0 Å². The Labute approximate surface area is 80.9 Å². The minimum Gasteiger partial charge on any atom is -0.360 e. The van der Waals surface area contributed by atoms with Crippen molar-refractivity contribution < 1.29 is 8.42 Å². The van der Waals surface area contributed by atoms with Crippen molar-refractivity contribution in [1.82, 2.24) is 9.82 Å². The van der Waals surface area contributed by atoms with Crippen LogP contribution in [-0.4, -0.2) is 13.4 Å². The fourth-order valence-corrected chi connectivity index (χ4v) is 2.17. The van der Waals surface area contributed by atoms with Crippen LogP contribution in [0.1, 0.15) is 0 Å². The van der Waals surface area contributed by atoms with E-state index < -0.39 is 10.0 Å². The molecule has 0 saturated carbocycles. The van der Waals surface area contributed by atoms with Gasteiger partial charge in [0.05, 0.1) is 5.52 Å². The fraction of sp³-hybridized carbons (Fsp3) is 0. The number of para-hydroxylation sites is 1. The highest BCUT2D eigenvalue weighted by molar-refractivity contribution is 7.89. The summed E-state index contributed by atoms with van der Waals surface area (Å²) in [7, 11) is -3.60. The Morgan fingerprint density at radius 3 is 2.79 bits per heavy atom. The van der Waals surface area contributed by atoms with Gasteiger partial charge in [0.1, 0.15) is 4.90 Å². The van der Waals surface area contributed by atoms with Gasteiger partial charge in [-0.05, 0) is 12.1 Å². The van der Waals surface area contributed by atoms with Crippen LogP contribution >= 0.6 is 0 Å². The highest BCUT2D eigenvalue weighted by Gasteiger charge is 2.15. The third-order valence-electron chi connectivity index (χ3n) is 1.99. The van der Waals surface area contributed by atoms with Crippen molar-refractivity contribution in [2.45, 2.75) is 4.90 Å². The number of nitrogens with two attached hydrogens (primary N) is 1. The smallest absolute Gasteiger partial charge is 0.255 e. The number of nitrogens with one attached hydrogen (secondary N) is 2. The molecule has 0 bridgehead atoms. The van der Waals surface area contributed by atoms with Crippen molar-refractivity contribution in [1.29, 1.82) is 0 Å². The van der Waals surface area contributed by atoms with Crippen molar-refractivity contribution in [3.05, 3.63) is 30.5 Å². The van der Waals surface area contributed by atoms with Crippen LogP contribution in [0.2, 0.25) is 0 Å². The molecule has 0 aliphatic carbocycles. The molecular formula is C8H9N3O2S. The number of H-pyrrole nitrogens is 1. The summed E-state index contributed by atoms with van der Waals surface area (Å²) in [5, 5.41) is 0.835. The van der Waals surface area contributed by atoms with Crippen molar-refractivity contribution in [3.63, 3.8) is 0 Å². The average molecular weight is 211 g/mol. The molecule has 6 heteroatoms. The van der Waals surface area contributed by atoms with E-state index in [0.717, 1.165) is 5.39 Å². The number of sulfonamides is 1. The van der Waals surface area contributed by atoms with Gasteiger partial charge in [0.15, 0.2) is 0 Å². The van der Waals surface area contributed by atoms with E-state index in [-0.39, 0.29) is 4.90 Å². The molecule has 1 aromatic heterocycles. The van der Waals surface area contributed by atoms with E-state index in [1.54, 1.807) is 23.2 Å². The molecule has 0 saturated heterocycles. The Kier molecular flexibility index (Phi) is 2.03. The minimum absolute atomic E-state index is 0.155. The summed E-state index contributed by atoms with van der Waals surface area (Å²) >= 11 is 0. The molecule has 0 spiro atoms. The van der Waals surface area contributed by atoms with Crippen LogP contribution in [0.4, 0.5) is 0 Å². The van der Waals surface area contributed by atoms with Gasteiger partial charge < -0.3 is 4.98 Å². The fourth-order valence-electron chi connectivity index (χ4n) is 1.34. The Bertz CT molecular complexity index is 559. The maximum Gasteiger partial charge on any atom is 0.255 e. The zero-order chi connectivity index (χ0) is 10.2. The molecule has 2 rings (SSSR count). The molecule has 14 heavy (non-hydrogen) atoms. The summed E-state index contributed by atoms with van der Waals surface area (Å²) in [6.45, 7) is 0. The van der Waals surface area contributed by atoms with Crippen LogP contribution in [0, 0.1) is 0 Å². The third-order valence-corrected chi connectivity index (χ3v) is 3.22. The molecule has 74 valence electrons. The molecule has 0 unspecified atom stereocenters. The average Bonchev–Trinajstić information content (AvgIpc) is 2.64. The van der Waals surface area contributed by atoms with Gasteiger partial charge in [-0.15, -0.1) is 4.83 Å². The molecule has 1 heterocycles. The first kappa shape index (κ1) is 9.20. The number of hydrogen-bond acceptors (Lipinski definition) is 3. The predicted molar refractivity (Wildman–Crippen MR) is 52.8 cm³/mol. The Morgan fingerprint density at radius 1 is 1.29 bits per heavy atom. The summed E-state index contributed by atoms with van der Waals surface area (Å²) in [6.07, 6.45) is 1.68. The quantitative estimate of drug-likeness (QED) is 0.493. The molecule has 2 aromatic rings. The highest BCUT2D eigenvalue weighted by Crippen LogP contribution is 2.20. The van der Waals surface area contributed by atoms with Crippen molar-refractivity contribution in [3.8, 4) is 0 Å². The van der Waals surface area contributed by atoms with Crippen LogP contribution < -0.4 is 10.7 Å². The summed E-state index contributed by atoms with van der Waals surface area (Å²) in [5.74, 6) is 4.95. The molecular weight excluding hydrogens is 202 g/mol. The standard InChI is InChI=1S/C8H9N3O2S/c9-11-14(12,13)7-3-1-2-6-4-5-10-8(6)7/h1-5,10-11H,9H2. The zero-order valence-electron chi connectivity index (χ0n) is 7.19. The lowest BCUT2D eigenvalue weighted by atomic mass is 10.2. The van der Waals surface area contributed by atoms with Gasteiger partial charge in [0, 0.05) is 11.6 Å². The van der Waals surface area contributed by atoms with E-state index in [1.165, 1.54) is 6.07 Å². The second-order valence-corrected chi connectivity index (χ2v) is 4.50. The van der Waals surface area contributed by atoms with Crippen molar-refractivity contribution in [2.75, 3.05) is 0 Å². The van der Waals surface area contributed by atoms with E-state index in [9.17, 15) is 8.42 Å². The first-order valence-electron chi connectivity index (χ1n) is 3.93. The summed E-state index contributed by atoms with van der Waals surface area (Å²) in [6, 6.07) is 6.78. The van der Waals surface area contributed by atoms with Crippen molar-refractivity contribution >= 4 is 20.9 Å². The second kappa shape index (κ2) is 3.09. The highest BCUT2D eigenvalue weighted by atomic mass is 32.2. The Morgan fingerprint density at radius 2 is 2.07 bits per heavy atom.